The molecule has 7 heteroatoms. The maximum Gasteiger partial charge on any atom is 0.352 e. The standard InChI is InChI=1S/C25H22BrFN2O3/c1-32-23-11-8-18(26)12-17(23)13-28-14-21-20-4-2-3-5-22(20)29(24(21)25(30)31)15-16-6-9-19(27)10-7-16/h2-12,28H,13-15H2,1H3,(H,30,31). The molecule has 1 heterocycles. The SMILES string of the molecule is COc1ccc(Br)cc1CNCc1c(C(=O)O)n(Cc2ccc(F)cc2)c2ccccc12. The zero-order valence-electron chi connectivity index (χ0n) is 17.4. The second-order valence-corrected chi connectivity index (χ2v) is 8.34. The van der Waals surface area contributed by atoms with Crippen molar-refractivity contribution >= 4 is 32.8 Å². The van der Waals surface area contributed by atoms with Crippen molar-refractivity contribution in [3.05, 3.63) is 99.4 Å². The first kappa shape index (κ1) is 22.0. The molecule has 0 saturated carbocycles. The van der Waals surface area contributed by atoms with Gasteiger partial charge in [0, 0.05) is 46.1 Å². The molecule has 0 aliphatic rings. The highest BCUT2D eigenvalue weighted by molar-refractivity contribution is 9.10. The average molecular weight is 497 g/mol. The third-order valence-corrected chi connectivity index (χ3v) is 5.89. The Hall–Kier alpha value is -3.16. The first-order chi connectivity index (χ1) is 15.5. The molecule has 0 unspecified atom stereocenters. The van der Waals surface area contributed by atoms with Gasteiger partial charge in [-0.25, -0.2) is 9.18 Å². The number of benzene rings is 3. The summed E-state index contributed by atoms with van der Waals surface area (Å²) in [5.74, 6) is -0.560. The summed E-state index contributed by atoms with van der Waals surface area (Å²) in [4.78, 5) is 12.3. The lowest BCUT2D eigenvalue weighted by Gasteiger charge is -2.12. The summed E-state index contributed by atoms with van der Waals surface area (Å²) >= 11 is 3.48. The van der Waals surface area contributed by atoms with Crippen LogP contribution in [0.4, 0.5) is 4.39 Å². The molecule has 3 aromatic carbocycles. The Kier molecular flexibility index (Phi) is 6.58. The van der Waals surface area contributed by atoms with Crippen LogP contribution in [0.5, 0.6) is 5.75 Å². The third kappa shape index (κ3) is 4.54. The van der Waals surface area contributed by atoms with Crippen molar-refractivity contribution < 1.29 is 19.0 Å². The zero-order chi connectivity index (χ0) is 22.7. The molecule has 0 bridgehead atoms. The minimum atomic E-state index is -1.000. The van der Waals surface area contributed by atoms with Crippen molar-refractivity contribution in [2.45, 2.75) is 19.6 Å². The van der Waals surface area contributed by atoms with Crippen LogP contribution in [-0.4, -0.2) is 22.8 Å². The van der Waals surface area contributed by atoms with Crippen molar-refractivity contribution in [1.29, 1.82) is 0 Å². The molecule has 0 aliphatic carbocycles. The number of carboxylic acid groups (broad SMARTS) is 1. The Labute approximate surface area is 193 Å². The highest BCUT2D eigenvalue weighted by Gasteiger charge is 2.22. The van der Waals surface area contributed by atoms with Gasteiger partial charge >= 0.3 is 5.97 Å². The summed E-state index contributed by atoms with van der Waals surface area (Å²) in [6.07, 6.45) is 0. The number of nitrogens with zero attached hydrogens (tertiary/aromatic N) is 1. The summed E-state index contributed by atoms with van der Waals surface area (Å²) in [7, 11) is 1.62. The van der Waals surface area contributed by atoms with Gasteiger partial charge in [0.05, 0.1) is 7.11 Å². The number of hydrogen-bond donors (Lipinski definition) is 2. The molecule has 5 nitrogen and oxygen atoms in total. The molecule has 4 rings (SSSR count). The average Bonchev–Trinajstić information content (AvgIpc) is 3.09. The number of carbonyl (C=O) groups is 1. The molecule has 2 N–H and O–H groups in total. The zero-order valence-corrected chi connectivity index (χ0v) is 19.0. The van der Waals surface area contributed by atoms with E-state index >= 15 is 0 Å². The molecule has 32 heavy (non-hydrogen) atoms. The fraction of sp³-hybridized carbons (Fsp3) is 0.160. The first-order valence-corrected chi connectivity index (χ1v) is 10.9. The summed E-state index contributed by atoms with van der Waals surface area (Å²) in [5, 5.41) is 14.3. The smallest absolute Gasteiger partial charge is 0.352 e. The minimum absolute atomic E-state index is 0.226. The van der Waals surface area contributed by atoms with Crippen LogP contribution in [0.3, 0.4) is 0 Å². The Morgan fingerprint density at radius 1 is 1.09 bits per heavy atom. The number of hydrogen-bond acceptors (Lipinski definition) is 3. The molecule has 0 radical (unpaired) electrons. The van der Waals surface area contributed by atoms with E-state index in [9.17, 15) is 14.3 Å². The molecular weight excluding hydrogens is 475 g/mol. The van der Waals surface area contributed by atoms with Gasteiger partial charge < -0.3 is 19.7 Å². The number of carboxylic acids is 1. The lowest BCUT2D eigenvalue weighted by atomic mass is 10.1. The predicted molar refractivity (Wildman–Crippen MR) is 126 cm³/mol. The second-order valence-electron chi connectivity index (χ2n) is 7.42. The fourth-order valence-electron chi connectivity index (χ4n) is 3.94. The van der Waals surface area contributed by atoms with E-state index in [0.717, 1.165) is 32.3 Å². The lowest BCUT2D eigenvalue weighted by Crippen LogP contribution is -2.17. The highest BCUT2D eigenvalue weighted by Crippen LogP contribution is 2.28. The van der Waals surface area contributed by atoms with Gasteiger partial charge in [0.1, 0.15) is 17.3 Å². The number of nitrogens with one attached hydrogen (secondary N) is 1. The maximum absolute atomic E-state index is 13.3. The Bertz CT molecular complexity index is 1270. The number of halogens is 2. The van der Waals surface area contributed by atoms with Crippen molar-refractivity contribution in [2.24, 2.45) is 0 Å². The van der Waals surface area contributed by atoms with E-state index in [-0.39, 0.29) is 11.5 Å². The number of aromatic carboxylic acids is 1. The van der Waals surface area contributed by atoms with Crippen molar-refractivity contribution in [3.8, 4) is 5.75 Å². The molecule has 0 fully saturated rings. The molecule has 0 saturated heterocycles. The number of fused-ring (bicyclic) bond motifs is 1. The van der Waals surface area contributed by atoms with Gasteiger partial charge in [-0.15, -0.1) is 0 Å². The van der Waals surface area contributed by atoms with Gasteiger partial charge in [-0.2, -0.15) is 0 Å². The first-order valence-electron chi connectivity index (χ1n) is 10.1. The largest absolute Gasteiger partial charge is 0.496 e. The van der Waals surface area contributed by atoms with Gasteiger partial charge in [-0.1, -0.05) is 46.3 Å². The molecule has 0 aliphatic heterocycles. The maximum atomic E-state index is 13.3. The van der Waals surface area contributed by atoms with E-state index < -0.39 is 5.97 Å². The van der Waals surface area contributed by atoms with Crippen LogP contribution in [0.15, 0.2) is 71.2 Å². The van der Waals surface area contributed by atoms with E-state index in [0.29, 0.717) is 25.2 Å². The summed E-state index contributed by atoms with van der Waals surface area (Å²) in [5.41, 5.74) is 3.56. The lowest BCUT2D eigenvalue weighted by molar-refractivity contribution is 0.0684. The monoisotopic (exact) mass is 496 g/mol. The summed E-state index contributed by atoms with van der Waals surface area (Å²) in [6, 6.07) is 19.5. The van der Waals surface area contributed by atoms with Crippen LogP contribution >= 0.6 is 15.9 Å². The molecule has 0 amide bonds. The van der Waals surface area contributed by atoms with E-state index in [1.165, 1.54) is 12.1 Å². The van der Waals surface area contributed by atoms with Crippen LogP contribution in [-0.2, 0) is 19.6 Å². The topological polar surface area (TPSA) is 63.5 Å². The van der Waals surface area contributed by atoms with Crippen LogP contribution < -0.4 is 10.1 Å². The predicted octanol–water partition coefficient (Wildman–Crippen LogP) is 5.59. The number of ether oxygens (including phenoxy) is 1. The fourth-order valence-corrected chi connectivity index (χ4v) is 4.35. The minimum Gasteiger partial charge on any atom is -0.496 e. The van der Waals surface area contributed by atoms with Crippen molar-refractivity contribution in [1.82, 2.24) is 9.88 Å². The van der Waals surface area contributed by atoms with Crippen LogP contribution in [0.2, 0.25) is 0 Å². The van der Waals surface area contributed by atoms with Gasteiger partial charge in [0.15, 0.2) is 0 Å². The molecule has 4 aromatic rings. The van der Waals surface area contributed by atoms with E-state index in [4.69, 9.17) is 4.74 Å². The Morgan fingerprint density at radius 2 is 1.84 bits per heavy atom. The molecule has 164 valence electrons. The Balaban J connectivity index is 1.68. The highest BCUT2D eigenvalue weighted by atomic mass is 79.9. The number of aromatic nitrogens is 1. The quantitative estimate of drug-likeness (QED) is 0.333. The van der Waals surface area contributed by atoms with Crippen LogP contribution in [0.1, 0.15) is 27.2 Å². The van der Waals surface area contributed by atoms with E-state index in [1.54, 1.807) is 23.8 Å². The summed E-state index contributed by atoms with van der Waals surface area (Å²) < 4.78 is 21.5. The molecule has 0 atom stereocenters. The van der Waals surface area contributed by atoms with Gasteiger partial charge in [-0.05, 0) is 42.0 Å². The van der Waals surface area contributed by atoms with Gasteiger partial charge in [0.2, 0.25) is 0 Å². The second kappa shape index (κ2) is 9.54. The molecule has 0 spiro atoms. The van der Waals surface area contributed by atoms with Crippen molar-refractivity contribution in [3.63, 3.8) is 0 Å². The number of methoxy groups -OCH3 is 1. The van der Waals surface area contributed by atoms with Crippen LogP contribution in [0, 0.1) is 5.82 Å². The van der Waals surface area contributed by atoms with E-state index in [1.807, 2.05) is 42.5 Å². The number of rotatable bonds is 8. The molecule has 1 aromatic heterocycles. The molecular formula is C25H22BrFN2O3. The summed E-state index contributed by atoms with van der Waals surface area (Å²) in [6.45, 7) is 1.22. The normalized spacial score (nSPS) is 11.1. The van der Waals surface area contributed by atoms with Gasteiger partial charge in [0.25, 0.3) is 0 Å². The third-order valence-electron chi connectivity index (χ3n) is 5.39. The Morgan fingerprint density at radius 3 is 2.56 bits per heavy atom. The van der Waals surface area contributed by atoms with Gasteiger partial charge in [-0.3, -0.25) is 0 Å². The van der Waals surface area contributed by atoms with Crippen molar-refractivity contribution in [2.75, 3.05) is 7.11 Å². The van der Waals surface area contributed by atoms with Crippen LogP contribution in [0.25, 0.3) is 10.9 Å². The number of para-hydroxylation sites is 1. The van der Waals surface area contributed by atoms with E-state index in [2.05, 4.69) is 21.2 Å².